The molecule has 0 aromatic carbocycles. The highest BCUT2D eigenvalue weighted by Crippen LogP contribution is 2.18. The first-order valence-corrected chi connectivity index (χ1v) is 7.33. The van der Waals surface area contributed by atoms with Gasteiger partial charge in [-0.2, -0.15) is 4.98 Å². The number of amides is 1. The predicted octanol–water partition coefficient (Wildman–Crippen LogP) is 2.12. The molecule has 2 aromatic rings. The first kappa shape index (κ1) is 13.7. The van der Waals surface area contributed by atoms with E-state index in [2.05, 4.69) is 20.4 Å². The Morgan fingerprint density at radius 2 is 2.05 bits per heavy atom. The van der Waals surface area contributed by atoms with Gasteiger partial charge < -0.3 is 9.84 Å². The van der Waals surface area contributed by atoms with Gasteiger partial charge in [-0.1, -0.05) is 18.0 Å². The molecule has 21 heavy (non-hydrogen) atoms. The van der Waals surface area contributed by atoms with Crippen molar-refractivity contribution in [3.05, 3.63) is 30.4 Å². The fraction of sp³-hybridized carbons (Fsp3) is 0.467. The second-order valence-electron chi connectivity index (χ2n) is 5.30. The summed E-state index contributed by atoms with van der Waals surface area (Å²) in [5, 5.41) is 6.97. The van der Waals surface area contributed by atoms with Crippen LogP contribution in [0.25, 0.3) is 11.4 Å². The molecular formula is C15H18N4O2. The van der Waals surface area contributed by atoms with Crippen molar-refractivity contribution in [2.45, 2.75) is 44.6 Å². The van der Waals surface area contributed by atoms with Gasteiger partial charge in [-0.25, -0.2) is 0 Å². The van der Waals surface area contributed by atoms with Gasteiger partial charge in [0.2, 0.25) is 17.6 Å². The summed E-state index contributed by atoms with van der Waals surface area (Å²) < 4.78 is 5.18. The maximum atomic E-state index is 11.8. The lowest BCUT2D eigenvalue weighted by Gasteiger charge is -2.10. The average molecular weight is 286 g/mol. The number of carbonyl (C=O) groups excluding carboxylic acids is 1. The van der Waals surface area contributed by atoms with Crippen molar-refractivity contribution in [2.75, 3.05) is 0 Å². The number of aryl methyl sites for hydroxylation is 1. The van der Waals surface area contributed by atoms with Gasteiger partial charge in [0.1, 0.15) is 0 Å². The molecule has 6 nitrogen and oxygen atoms in total. The molecule has 0 atom stereocenters. The minimum atomic E-state index is 0.0607. The Balaban J connectivity index is 1.51. The maximum absolute atomic E-state index is 11.8. The molecule has 1 fully saturated rings. The van der Waals surface area contributed by atoms with Gasteiger partial charge in [0, 0.05) is 36.8 Å². The Labute approximate surface area is 123 Å². The molecule has 110 valence electrons. The van der Waals surface area contributed by atoms with Crippen molar-refractivity contribution in [3.8, 4) is 11.4 Å². The number of carbonyl (C=O) groups is 1. The van der Waals surface area contributed by atoms with E-state index in [0.29, 0.717) is 30.6 Å². The zero-order chi connectivity index (χ0) is 14.5. The van der Waals surface area contributed by atoms with E-state index in [9.17, 15) is 4.79 Å². The summed E-state index contributed by atoms with van der Waals surface area (Å²) in [4.78, 5) is 20.1. The monoisotopic (exact) mass is 286 g/mol. The summed E-state index contributed by atoms with van der Waals surface area (Å²) in [6.07, 6.45) is 8.83. The van der Waals surface area contributed by atoms with Gasteiger partial charge in [0.05, 0.1) is 0 Å². The Kier molecular flexibility index (Phi) is 4.23. The van der Waals surface area contributed by atoms with Gasteiger partial charge in [-0.3, -0.25) is 9.78 Å². The fourth-order valence-electron chi connectivity index (χ4n) is 2.57. The SMILES string of the molecule is O=C(CCc1nc(-c2ccncc2)no1)NC1CCCC1. The zero-order valence-electron chi connectivity index (χ0n) is 11.8. The average Bonchev–Trinajstić information content (AvgIpc) is 3.17. The van der Waals surface area contributed by atoms with Crippen LogP contribution in [0.4, 0.5) is 0 Å². The quantitative estimate of drug-likeness (QED) is 0.910. The van der Waals surface area contributed by atoms with Crippen molar-refractivity contribution in [1.82, 2.24) is 20.4 Å². The third-order valence-electron chi connectivity index (χ3n) is 3.69. The van der Waals surface area contributed by atoms with Crippen LogP contribution >= 0.6 is 0 Å². The van der Waals surface area contributed by atoms with E-state index < -0.39 is 0 Å². The van der Waals surface area contributed by atoms with Crippen LogP contribution in [-0.4, -0.2) is 27.1 Å². The molecule has 0 bridgehead atoms. The number of pyridine rings is 1. The Morgan fingerprint density at radius 1 is 1.29 bits per heavy atom. The molecule has 0 spiro atoms. The number of hydrogen-bond acceptors (Lipinski definition) is 5. The van der Waals surface area contributed by atoms with Crippen LogP contribution in [0.3, 0.4) is 0 Å². The molecule has 0 aliphatic heterocycles. The third-order valence-corrected chi connectivity index (χ3v) is 3.69. The molecule has 2 aromatic heterocycles. The predicted molar refractivity (Wildman–Crippen MR) is 76.2 cm³/mol. The van der Waals surface area contributed by atoms with Crippen LogP contribution in [0.5, 0.6) is 0 Å². The highest BCUT2D eigenvalue weighted by atomic mass is 16.5. The topological polar surface area (TPSA) is 80.9 Å². The van der Waals surface area contributed by atoms with Crippen molar-refractivity contribution in [2.24, 2.45) is 0 Å². The summed E-state index contributed by atoms with van der Waals surface area (Å²) in [5.74, 6) is 1.08. The molecule has 1 amide bonds. The second-order valence-corrected chi connectivity index (χ2v) is 5.30. The summed E-state index contributed by atoms with van der Waals surface area (Å²) in [5.41, 5.74) is 0.857. The molecule has 0 unspecified atom stereocenters. The Morgan fingerprint density at radius 3 is 2.81 bits per heavy atom. The van der Waals surface area contributed by atoms with Crippen LogP contribution in [0, 0.1) is 0 Å². The summed E-state index contributed by atoms with van der Waals surface area (Å²) >= 11 is 0. The maximum Gasteiger partial charge on any atom is 0.227 e. The number of aromatic nitrogens is 3. The molecular weight excluding hydrogens is 268 g/mol. The Hall–Kier alpha value is -2.24. The second kappa shape index (κ2) is 6.47. The van der Waals surface area contributed by atoms with E-state index >= 15 is 0 Å². The summed E-state index contributed by atoms with van der Waals surface area (Å²) in [7, 11) is 0. The van der Waals surface area contributed by atoms with Gasteiger partial charge in [0.25, 0.3) is 0 Å². The minimum Gasteiger partial charge on any atom is -0.353 e. The molecule has 1 aliphatic rings. The van der Waals surface area contributed by atoms with Crippen molar-refractivity contribution in [1.29, 1.82) is 0 Å². The first-order chi connectivity index (χ1) is 10.3. The van der Waals surface area contributed by atoms with E-state index in [1.807, 2.05) is 12.1 Å². The van der Waals surface area contributed by atoms with Gasteiger partial charge >= 0.3 is 0 Å². The molecule has 1 N–H and O–H groups in total. The molecule has 2 heterocycles. The zero-order valence-corrected chi connectivity index (χ0v) is 11.8. The molecule has 3 rings (SSSR count). The highest BCUT2D eigenvalue weighted by Gasteiger charge is 2.17. The lowest BCUT2D eigenvalue weighted by Crippen LogP contribution is -2.32. The number of hydrogen-bond donors (Lipinski definition) is 1. The normalized spacial score (nSPS) is 15.2. The smallest absolute Gasteiger partial charge is 0.227 e. The first-order valence-electron chi connectivity index (χ1n) is 7.33. The van der Waals surface area contributed by atoms with E-state index in [-0.39, 0.29) is 5.91 Å². The standard InChI is InChI=1S/C15H18N4O2/c20-13(17-12-3-1-2-4-12)5-6-14-18-15(19-21-14)11-7-9-16-10-8-11/h7-10,12H,1-6H2,(H,17,20). The van der Waals surface area contributed by atoms with E-state index in [4.69, 9.17) is 4.52 Å². The molecule has 6 heteroatoms. The lowest BCUT2D eigenvalue weighted by molar-refractivity contribution is -0.121. The van der Waals surface area contributed by atoms with Crippen molar-refractivity contribution >= 4 is 5.91 Å². The van der Waals surface area contributed by atoms with Crippen molar-refractivity contribution in [3.63, 3.8) is 0 Å². The molecule has 1 saturated carbocycles. The number of nitrogens with zero attached hydrogens (tertiary/aromatic N) is 3. The van der Waals surface area contributed by atoms with Crippen LogP contribution in [0.2, 0.25) is 0 Å². The number of rotatable bonds is 5. The number of nitrogens with one attached hydrogen (secondary N) is 1. The summed E-state index contributed by atoms with van der Waals surface area (Å²) in [6.45, 7) is 0. The minimum absolute atomic E-state index is 0.0607. The van der Waals surface area contributed by atoms with Gasteiger partial charge in [0.15, 0.2) is 0 Å². The van der Waals surface area contributed by atoms with E-state index in [1.54, 1.807) is 12.4 Å². The van der Waals surface area contributed by atoms with Gasteiger partial charge in [-0.15, -0.1) is 0 Å². The van der Waals surface area contributed by atoms with Crippen LogP contribution in [0.1, 0.15) is 38.0 Å². The molecule has 1 aliphatic carbocycles. The Bertz CT molecular complexity index is 591. The summed E-state index contributed by atoms with van der Waals surface area (Å²) in [6, 6.07) is 4.00. The van der Waals surface area contributed by atoms with Crippen LogP contribution in [-0.2, 0) is 11.2 Å². The molecule has 0 radical (unpaired) electrons. The highest BCUT2D eigenvalue weighted by molar-refractivity contribution is 5.76. The van der Waals surface area contributed by atoms with E-state index in [1.165, 1.54) is 12.8 Å². The van der Waals surface area contributed by atoms with Gasteiger partial charge in [-0.05, 0) is 25.0 Å². The largest absolute Gasteiger partial charge is 0.353 e. The van der Waals surface area contributed by atoms with Crippen LogP contribution in [0.15, 0.2) is 29.0 Å². The lowest BCUT2D eigenvalue weighted by atomic mass is 10.2. The molecule has 0 saturated heterocycles. The third kappa shape index (κ3) is 3.65. The fourth-order valence-corrected chi connectivity index (χ4v) is 2.57. The van der Waals surface area contributed by atoms with Crippen molar-refractivity contribution < 1.29 is 9.32 Å². The van der Waals surface area contributed by atoms with E-state index in [0.717, 1.165) is 18.4 Å². The van der Waals surface area contributed by atoms with Crippen LogP contribution < -0.4 is 5.32 Å².